The van der Waals surface area contributed by atoms with E-state index in [1.54, 1.807) is 31.2 Å². The van der Waals surface area contributed by atoms with Crippen LogP contribution in [0.4, 0.5) is 5.82 Å². The molecule has 0 radical (unpaired) electrons. The summed E-state index contributed by atoms with van der Waals surface area (Å²) in [6.07, 6.45) is 0. The van der Waals surface area contributed by atoms with E-state index in [1.165, 1.54) is 6.07 Å². The van der Waals surface area contributed by atoms with Crippen molar-refractivity contribution in [3.05, 3.63) is 47.2 Å². The topological polar surface area (TPSA) is 84.7 Å². The maximum absolute atomic E-state index is 12.1. The number of carbonyl (C=O) groups excluding carboxylic acids is 1. The van der Waals surface area contributed by atoms with Gasteiger partial charge in [-0.2, -0.15) is 15.0 Å². The Balaban J connectivity index is 2.44. The van der Waals surface area contributed by atoms with Gasteiger partial charge in [-0.1, -0.05) is 6.07 Å². The average Bonchev–Trinajstić information content (AvgIpc) is 2.67. The van der Waals surface area contributed by atoms with Gasteiger partial charge in [-0.3, -0.25) is 4.79 Å². The third kappa shape index (κ3) is 2.01. The van der Waals surface area contributed by atoms with Crippen molar-refractivity contribution in [2.24, 2.45) is 0 Å². The Kier molecular flexibility index (Phi) is 2.63. The van der Waals surface area contributed by atoms with Crippen LogP contribution in [0.2, 0.25) is 0 Å². The number of aryl methyl sites for hydroxylation is 1. The Hall–Kier alpha value is -2.61. The van der Waals surface area contributed by atoms with Gasteiger partial charge in [0, 0.05) is 11.6 Å². The second kappa shape index (κ2) is 4.10. The van der Waals surface area contributed by atoms with Gasteiger partial charge in [0.25, 0.3) is 5.91 Å². The van der Waals surface area contributed by atoms with Crippen molar-refractivity contribution in [1.29, 1.82) is 5.26 Å². The second-order valence-corrected chi connectivity index (χ2v) is 3.62. The van der Waals surface area contributed by atoms with Gasteiger partial charge in [-0.15, -0.1) is 0 Å². The zero-order valence-corrected chi connectivity index (χ0v) is 9.21. The standard InChI is InChI=1S/C12H10N4O/c1-8-5-11(14)16(15-8)12(17)10-4-2-3-9(6-10)7-13/h2-6H,14H2,1H3. The van der Waals surface area contributed by atoms with Crippen molar-refractivity contribution in [1.82, 2.24) is 9.78 Å². The first kappa shape index (κ1) is 10.9. The molecule has 0 fully saturated rings. The predicted octanol–water partition coefficient (Wildman–Crippen LogP) is 1.33. The van der Waals surface area contributed by atoms with Crippen LogP contribution >= 0.6 is 0 Å². The third-order valence-corrected chi connectivity index (χ3v) is 2.29. The number of hydrogen-bond donors (Lipinski definition) is 1. The van der Waals surface area contributed by atoms with Crippen LogP contribution in [0.25, 0.3) is 0 Å². The van der Waals surface area contributed by atoms with Crippen LogP contribution in [0.15, 0.2) is 30.3 Å². The predicted molar refractivity (Wildman–Crippen MR) is 62.3 cm³/mol. The summed E-state index contributed by atoms with van der Waals surface area (Å²) in [6, 6.07) is 10.0. The normalized spacial score (nSPS) is 9.88. The molecule has 0 bridgehead atoms. The van der Waals surface area contributed by atoms with E-state index in [0.29, 0.717) is 16.8 Å². The van der Waals surface area contributed by atoms with Crippen molar-refractivity contribution in [2.45, 2.75) is 6.92 Å². The third-order valence-electron chi connectivity index (χ3n) is 2.29. The van der Waals surface area contributed by atoms with Crippen molar-refractivity contribution in [3.63, 3.8) is 0 Å². The Bertz CT molecular complexity index is 622. The molecule has 17 heavy (non-hydrogen) atoms. The molecule has 1 aromatic heterocycles. The van der Waals surface area contributed by atoms with Crippen LogP contribution < -0.4 is 5.73 Å². The summed E-state index contributed by atoms with van der Waals surface area (Å²) in [5.74, 6) is -0.0532. The number of hydrogen-bond acceptors (Lipinski definition) is 4. The summed E-state index contributed by atoms with van der Waals surface area (Å²) in [4.78, 5) is 12.1. The fourth-order valence-corrected chi connectivity index (χ4v) is 1.53. The summed E-state index contributed by atoms with van der Waals surface area (Å²) < 4.78 is 1.13. The number of nitrogen functional groups attached to an aromatic ring is 1. The molecule has 0 amide bonds. The van der Waals surface area contributed by atoms with E-state index in [0.717, 1.165) is 4.68 Å². The Morgan fingerprint density at radius 3 is 2.82 bits per heavy atom. The first-order chi connectivity index (χ1) is 8.11. The summed E-state index contributed by atoms with van der Waals surface area (Å²) >= 11 is 0. The zero-order valence-electron chi connectivity index (χ0n) is 9.21. The summed E-state index contributed by atoms with van der Waals surface area (Å²) in [6.45, 7) is 1.76. The van der Waals surface area contributed by atoms with E-state index in [9.17, 15) is 4.79 Å². The van der Waals surface area contributed by atoms with E-state index in [2.05, 4.69) is 5.10 Å². The average molecular weight is 226 g/mol. The highest BCUT2D eigenvalue weighted by molar-refractivity contribution is 5.97. The fraction of sp³-hybridized carbons (Fsp3) is 0.0833. The van der Waals surface area contributed by atoms with Gasteiger partial charge in [0.05, 0.1) is 17.3 Å². The molecule has 1 heterocycles. The van der Waals surface area contributed by atoms with E-state index >= 15 is 0 Å². The molecule has 0 unspecified atom stereocenters. The molecular weight excluding hydrogens is 216 g/mol. The second-order valence-electron chi connectivity index (χ2n) is 3.62. The fourth-order valence-electron chi connectivity index (χ4n) is 1.53. The number of nitrogens with two attached hydrogens (primary N) is 1. The van der Waals surface area contributed by atoms with Crippen molar-refractivity contribution >= 4 is 11.7 Å². The summed E-state index contributed by atoms with van der Waals surface area (Å²) in [5.41, 5.74) is 7.16. The number of nitriles is 1. The van der Waals surface area contributed by atoms with Crippen molar-refractivity contribution < 1.29 is 4.79 Å². The lowest BCUT2D eigenvalue weighted by atomic mass is 10.1. The first-order valence-electron chi connectivity index (χ1n) is 4.99. The Morgan fingerprint density at radius 2 is 2.24 bits per heavy atom. The number of rotatable bonds is 1. The maximum atomic E-state index is 12.1. The monoisotopic (exact) mass is 226 g/mol. The SMILES string of the molecule is Cc1cc(N)n(C(=O)c2cccc(C#N)c2)n1. The van der Waals surface area contributed by atoms with Crippen molar-refractivity contribution in [2.75, 3.05) is 5.73 Å². The van der Waals surface area contributed by atoms with Gasteiger partial charge in [0.1, 0.15) is 5.82 Å². The zero-order chi connectivity index (χ0) is 12.4. The number of aromatic nitrogens is 2. The van der Waals surface area contributed by atoms with Gasteiger partial charge in [-0.05, 0) is 25.1 Å². The number of anilines is 1. The lowest BCUT2D eigenvalue weighted by molar-refractivity contribution is 0.0947. The Morgan fingerprint density at radius 1 is 1.47 bits per heavy atom. The Labute approximate surface area is 98.1 Å². The summed E-state index contributed by atoms with van der Waals surface area (Å²) in [5, 5.41) is 12.8. The molecule has 0 aliphatic heterocycles. The minimum Gasteiger partial charge on any atom is -0.383 e. The first-order valence-corrected chi connectivity index (χ1v) is 4.99. The number of nitrogens with zero attached hydrogens (tertiary/aromatic N) is 3. The molecule has 0 saturated carbocycles. The highest BCUT2D eigenvalue weighted by Crippen LogP contribution is 2.11. The maximum Gasteiger partial charge on any atom is 0.280 e. The smallest absolute Gasteiger partial charge is 0.280 e. The molecule has 2 rings (SSSR count). The van der Waals surface area contributed by atoms with Gasteiger partial charge < -0.3 is 5.73 Å². The van der Waals surface area contributed by atoms with Crippen molar-refractivity contribution in [3.8, 4) is 6.07 Å². The lowest BCUT2D eigenvalue weighted by Crippen LogP contribution is -2.16. The molecule has 0 aliphatic carbocycles. The number of benzene rings is 1. The highest BCUT2D eigenvalue weighted by Gasteiger charge is 2.13. The van der Waals surface area contributed by atoms with E-state index < -0.39 is 0 Å². The molecule has 1 aromatic carbocycles. The molecule has 2 N–H and O–H groups in total. The minimum absolute atomic E-state index is 0.287. The lowest BCUT2D eigenvalue weighted by Gasteiger charge is -2.02. The molecule has 0 aliphatic rings. The van der Waals surface area contributed by atoms with Crippen LogP contribution in [0.1, 0.15) is 21.6 Å². The van der Waals surface area contributed by atoms with Gasteiger partial charge >= 0.3 is 0 Å². The van der Waals surface area contributed by atoms with Crippen LogP contribution in [0, 0.1) is 18.3 Å². The highest BCUT2D eigenvalue weighted by atomic mass is 16.2. The van der Waals surface area contributed by atoms with Gasteiger partial charge in [0.2, 0.25) is 0 Å². The van der Waals surface area contributed by atoms with E-state index in [1.807, 2.05) is 6.07 Å². The van der Waals surface area contributed by atoms with Crippen LogP contribution in [-0.2, 0) is 0 Å². The van der Waals surface area contributed by atoms with E-state index in [-0.39, 0.29) is 11.7 Å². The minimum atomic E-state index is -0.340. The molecule has 5 heteroatoms. The molecule has 84 valence electrons. The molecule has 0 atom stereocenters. The van der Waals surface area contributed by atoms with Gasteiger partial charge in [0.15, 0.2) is 0 Å². The molecule has 2 aromatic rings. The quantitative estimate of drug-likeness (QED) is 0.795. The molecule has 0 spiro atoms. The van der Waals surface area contributed by atoms with Crippen LogP contribution in [-0.4, -0.2) is 15.7 Å². The molecule has 5 nitrogen and oxygen atoms in total. The summed E-state index contributed by atoms with van der Waals surface area (Å²) in [7, 11) is 0. The van der Waals surface area contributed by atoms with Crippen LogP contribution in [0.3, 0.4) is 0 Å². The number of carbonyl (C=O) groups is 1. The largest absolute Gasteiger partial charge is 0.383 e. The van der Waals surface area contributed by atoms with E-state index in [4.69, 9.17) is 11.0 Å². The van der Waals surface area contributed by atoms with Crippen LogP contribution in [0.5, 0.6) is 0 Å². The molecular formula is C12H10N4O. The molecule has 0 saturated heterocycles. The van der Waals surface area contributed by atoms with Gasteiger partial charge in [-0.25, -0.2) is 0 Å².